The third kappa shape index (κ3) is 4.36. The number of rotatable bonds is 6. The van der Waals surface area contributed by atoms with Gasteiger partial charge in [-0.25, -0.2) is 0 Å². The number of hydrogen-bond acceptors (Lipinski definition) is 2. The van der Waals surface area contributed by atoms with Crippen molar-refractivity contribution < 1.29 is 4.74 Å². The van der Waals surface area contributed by atoms with Crippen molar-refractivity contribution in [3.05, 3.63) is 64.1 Å². The van der Waals surface area contributed by atoms with Gasteiger partial charge < -0.3 is 10.1 Å². The van der Waals surface area contributed by atoms with Crippen LogP contribution in [0, 0.1) is 0 Å². The summed E-state index contributed by atoms with van der Waals surface area (Å²) in [5.74, 6) is 0.932. The minimum atomic E-state index is 0.309. The molecule has 20 heavy (non-hydrogen) atoms. The second-order valence-electron chi connectivity index (χ2n) is 4.74. The third-order valence-electron chi connectivity index (χ3n) is 3.17. The lowest BCUT2D eigenvalue weighted by molar-refractivity contribution is 0.339. The molecule has 2 rings (SSSR count). The van der Waals surface area contributed by atoms with Crippen LogP contribution in [0.4, 0.5) is 0 Å². The van der Waals surface area contributed by atoms with E-state index in [2.05, 4.69) is 58.5 Å². The van der Waals surface area contributed by atoms with Crippen LogP contribution < -0.4 is 10.1 Å². The van der Waals surface area contributed by atoms with Gasteiger partial charge >= 0.3 is 0 Å². The summed E-state index contributed by atoms with van der Waals surface area (Å²) in [7, 11) is 0. The fourth-order valence-corrected chi connectivity index (χ4v) is 2.49. The lowest BCUT2D eigenvalue weighted by Gasteiger charge is -2.15. The summed E-state index contributed by atoms with van der Waals surface area (Å²) in [5.41, 5.74) is 2.51. The second-order valence-corrected chi connectivity index (χ2v) is 5.65. The Hall–Kier alpha value is -1.32. The first kappa shape index (κ1) is 15.1. The summed E-state index contributed by atoms with van der Waals surface area (Å²) in [6, 6.07) is 16.9. The molecule has 0 saturated carbocycles. The molecule has 106 valence electrons. The Morgan fingerprint density at radius 1 is 1.15 bits per heavy atom. The van der Waals surface area contributed by atoms with Crippen LogP contribution in [0.2, 0.25) is 0 Å². The van der Waals surface area contributed by atoms with Crippen LogP contribution >= 0.6 is 15.9 Å². The molecule has 0 aliphatic heterocycles. The van der Waals surface area contributed by atoms with E-state index in [0.717, 1.165) is 16.8 Å². The molecule has 1 N–H and O–H groups in total. The lowest BCUT2D eigenvalue weighted by Crippen LogP contribution is -2.18. The zero-order chi connectivity index (χ0) is 14.4. The standard InChI is InChI=1S/C17H20BrNO/c1-3-20-17-9-4-6-14(10-17)12-19-13(2)15-7-5-8-16(18)11-15/h4-11,13,19H,3,12H2,1-2H3. The Bertz CT molecular complexity index is 556. The normalized spacial score (nSPS) is 12.2. The predicted octanol–water partition coefficient (Wildman–Crippen LogP) is 4.70. The summed E-state index contributed by atoms with van der Waals surface area (Å²) in [5, 5.41) is 3.54. The molecule has 1 unspecified atom stereocenters. The van der Waals surface area contributed by atoms with Crippen molar-refractivity contribution >= 4 is 15.9 Å². The smallest absolute Gasteiger partial charge is 0.119 e. The van der Waals surface area contributed by atoms with E-state index in [-0.39, 0.29) is 0 Å². The highest BCUT2D eigenvalue weighted by molar-refractivity contribution is 9.10. The fraction of sp³-hybridized carbons (Fsp3) is 0.294. The molecule has 0 aliphatic carbocycles. The molecule has 0 fully saturated rings. The largest absolute Gasteiger partial charge is 0.494 e. The van der Waals surface area contributed by atoms with Gasteiger partial charge in [-0.1, -0.05) is 40.2 Å². The lowest BCUT2D eigenvalue weighted by atomic mass is 10.1. The van der Waals surface area contributed by atoms with Crippen molar-refractivity contribution in [3.63, 3.8) is 0 Å². The van der Waals surface area contributed by atoms with Gasteiger partial charge in [-0.3, -0.25) is 0 Å². The average Bonchev–Trinajstić information content (AvgIpc) is 2.45. The predicted molar refractivity (Wildman–Crippen MR) is 87.0 cm³/mol. The van der Waals surface area contributed by atoms with E-state index in [1.807, 2.05) is 25.1 Å². The summed E-state index contributed by atoms with van der Waals surface area (Å²) in [6.07, 6.45) is 0. The van der Waals surface area contributed by atoms with Crippen molar-refractivity contribution in [3.8, 4) is 5.75 Å². The minimum Gasteiger partial charge on any atom is -0.494 e. The Balaban J connectivity index is 1.96. The van der Waals surface area contributed by atoms with Gasteiger partial charge in [0.25, 0.3) is 0 Å². The van der Waals surface area contributed by atoms with Gasteiger partial charge in [0.15, 0.2) is 0 Å². The quantitative estimate of drug-likeness (QED) is 0.827. The first-order chi connectivity index (χ1) is 9.69. The van der Waals surface area contributed by atoms with Gasteiger partial charge in [0.1, 0.15) is 5.75 Å². The van der Waals surface area contributed by atoms with E-state index >= 15 is 0 Å². The zero-order valence-electron chi connectivity index (χ0n) is 11.9. The molecule has 0 amide bonds. The molecule has 0 saturated heterocycles. The highest BCUT2D eigenvalue weighted by atomic mass is 79.9. The summed E-state index contributed by atoms with van der Waals surface area (Å²) < 4.78 is 6.63. The molecular formula is C17H20BrNO. The molecule has 0 bridgehead atoms. The van der Waals surface area contributed by atoms with Gasteiger partial charge in [-0.2, -0.15) is 0 Å². The third-order valence-corrected chi connectivity index (χ3v) is 3.66. The highest BCUT2D eigenvalue weighted by Crippen LogP contribution is 2.19. The molecular weight excluding hydrogens is 314 g/mol. The Labute approximate surface area is 129 Å². The van der Waals surface area contributed by atoms with Gasteiger partial charge in [0.05, 0.1) is 6.61 Å². The van der Waals surface area contributed by atoms with Gasteiger partial charge in [0.2, 0.25) is 0 Å². The number of ether oxygens (including phenoxy) is 1. The minimum absolute atomic E-state index is 0.309. The maximum Gasteiger partial charge on any atom is 0.119 e. The monoisotopic (exact) mass is 333 g/mol. The molecule has 0 aliphatic rings. The number of benzene rings is 2. The Morgan fingerprint density at radius 2 is 1.95 bits per heavy atom. The van der Waals surface area contributed by atoms with Crippen LogP contribution in [-0.4, -0.2) is 6.61 Å². The van der Waals surface area contributed by atoms with Crippen LogP contribution in [0.15, 0.2) is 53.0 Å². The SMILES string of the molecule is CCOc1cccc(CNC(C)c2cccc(Br)c2)c1. The first-order valence-corrected chi connectivity index (χ1v) is 7.69. The molecule has 0 spiro atoms. The number of nitrogens with one attached hydrogen (secondary N) is 1. The Kier molecular flexibility index (Phi) is 5.62. The van der Waals surface area contributed by atoms with Crippen LogP contribution in [0.25, 0.3) is 0 Å². The van der Waals surface area contributed by atoms with Crippen molar-refractivity contribution in [2.24, 2.45) is 0 Å². The molecule has 3 heteroatoms. The van der Waals surface area contributed by atoms with E-state index in [4.69, 9.17) is 4.74 Å². The number of hydrogen-bond donors (Lipinski definition) is 1. The molecule has 0 heterocycles. The molecule has 2 aromatic carbocycles. The topological polar surface area (TPSA) is 21.3 Å². The van der Waals surface area contributed by atoms with E-state index < -0.39 is 0 Å². The molecule has 2 nitrogen and oxygen atoms in total. The van der Waals surface area contributed by atoms with E-state index in [9.17, 15) is 0 Å². The first-order valence-electron chi connectivity index (χ1n) is 6.89. The average molecular weight is 334 g/mol. The molecule has 1 atom stereocenters. The molecule has 0 radical (unpaired) electrons. The summed E-state index contributed by atoms with van der Waals surface area (Å²) in [6.45, 7) is 5.70. The zero-order valence-corrected chi connectivity index (χ0v) is 13.5. The van der Waals surface area contributed by atoms with Crippen LogP contribution in [0.3, 0.4) is 0 Å². The van der Waals surface area contributed by atoms with Gasteiger partial charge in [-0.15, -0.1) is 0 Å². The second kappa shape index (κ2) is 7.46. The number of halogens is 1. The van der Waals surface area contributed by atoms with Crippen molar-refractivity contribution in [1.29, 1.82) is 0 Å². The van der Waals surface area contributed by atoms with E-state index in [0.29, 0.717) is 12.6 Å². The van der Waals surface area contributed by atoms with Crippen LogP contribution in [0.1, 0.15) is 31.0 Å². The van der Waals surface area contributed by atoms with Crippen molar-refractivity contribution in [2.75, 3.05) is 6.61 Å². The van der Waals surface area contributed by atoms with E-state index in [1.54, 1.807) is 0 Å². The highest BCUT2D eigenvalue weighted by Gasteiger charge is 2.05. The Morgan fingerprint density at radius 3 is 2.70 bits per heavy atom. The maximum absolute atomic E-state index is 5.52. The van der Waals surface area contributed by atoms with Crippen molar-refractivity contribution in [1.82, 2.24) is 5.32 Å². The van der Waals surface area contributed by atoms with Crippen LogP contribution in [0.5, 0.6) is 5.75 Å². The summed E-state index contributed by atoms with van der Waals surface area (Å²) >= 11 is 3.51. The van der Waals surface area contributed by atoms with Gasteiger partial charge in [-0.05, 0) is 49.2 Å². The summed E-state index contributed by atoms with van der Waals surface area (Å²) in [4.78, 5) is 0. The fourth-order valence-electron chi connectivity index (χ4n) is 2.08. The molecule has 2 aromatic rings. The van der Waals surface area contributed by atoms with Crippen molar-refractivity contribution in [2.45, 2.75) is 26.4 Å². The molecule has 0 aromatic heterocycles. The van der Waals surface area contributed by atoms with E-state index in [1.165, 1.54) is 11.1 Å². The van der Waals surface area contributed by atoms with Crippen LogP contribution in [-0.2, 0) is 6.54 Å². The maximum atomic E-state index is 5.52. The van der Waals surface area contributed by atoms with Gasteiger partial charge in [0, 0.05) is 17.1 Å².